The minimum atomic E-state index is -0.00285. The average Bonchev–Trinajstić information content (AvgIpc) is 2.28. The number of nitrogens with two attached hydrogens (primary N) is 1. The third-order valence-electron chi connectivity index (χ3n) is 4.48. The molecule has 1 saturated heterocycles. The highest BCUT2D eigenvalue weighted by Crippen LogP contribution is 2.31. The summed E-state index contributed by atoms with van der Waals surface area (Å²) in [5.74, 6) is 0.880. The van der Waals surface area contributed by atoms with Gasteiger partial charge in [0.25, 0.3) is 0 Å². The Labute approximate surface area is 106 Å². The van der Waals surface area contributed by atoms with E-state index in [1.807, 2.05) is 0 Å². The number of morpholine rings is 1. The molecule has 0 aromatic heterocycles. The van der Waals surface area contributed by atoms with Crippen molar-refractivity contribution in [1.82, 2.24) is 4.90 Å². The van der Waals surface area contributed by atoms with Crippen molar-refractivity contribution in [3.63, 3.8) is 0 Å². The molecule has 1 aliphatic heterocycles. The van der Waals surface area contributed by atoms with Crippen LogP contribution in [0.3, 0.4) is 0 Å². The van der Waals surface area contributed by atoms with E-state index in [0.717, 1.165) is 25.6 Å². The van der Waals surface area contributed by atoms with Crippen LogP contribution in [-0.4, -0.2) is 42.3 Å². The fourth-order valence-corrected chi connectivity index (χ4v) is 3.38. The predicted octanol–water partition coefficient (Wildman–Crippen LogP) is 2.00. The molecule has 3 atom stereocenters. The van der Waals surface area contributed by atoms with Gasteiger partial charge in [-0.15, -0.1) is 0 Å². The van der Waals surface area contributed by atoms with Crippen molar-refractivity contribution in [2.45, 2.75) is 64.1 Å². The molecule has 2 N–H and O–H groups in total. The van der Waals surface area contributed by atoms with Gasteiger partial charge in [0.1, 0.15) is 0 Å². The second kappa shape index (κ2) is 5.25. The smallest absolute Gasteiger partial charge is 0.0753 e. The molecule has 1 heterocycles. The molecule has 3 unspecified atom stereocenters. The van der Waals surface area contributed by atoms with Crippen molar-refractivity contribution in [3.8, 4) is 0 Å². The Morgan fingerprint density at radius 2 is 2.12 bits per heavy atom. The van der Waals surface area contributed by atoms with Crippen LogP contribution in [-0.2, 0) is 4.74 Å². The van der Waals surface area contributed by atoms with E-state index in [0.29, 0.717) is 12.1 Å². The molecular formula is C14H28N2O. The Kier molecular flexibility index (Phi) is 4.11. The Bertz CT molecular complexity index is 255. The van der Waals surface area contributed by atoms with E-state index in [4.69, 9.17) is 10.5 Å². The number of rotatable bonds is 2. The third-order valence-corrected chi connectivity index (χ3v) is 4.48. The zero-order valence-electron chi connectivity index (χ0n) is 11.6. The molecule has 0 amide bonds. The van der Waals surface area contributed by atoms with Gasteiger partial charge in [0.15, 0.2) is 0 Å². The molecule has 1 aliphatic carbocycles. The molecule has 3 heteroatoms. The number of hydrogen-bond donors (Lipinski definition) is 1. The zero-order valence-corrected chi connectivity index (χ0v) is 11.6. The molecule has 0 aromatic carbocycles. The quantitative estimate of drug-likeness (QED) is 0.802. The van der Waals surface area contributed by atoms with Gasteiger partial charge in [-0.1, -0.05) is 13.3 Å². The molecule has 0 radical (unpaired) electrons. The first kappa shape index (κ1) is 13.3. The van der Waals surface area contributed by atoms with Crippen LogP contribution in [0.2, 0.25) is 0 Å². The summed E-state index contributed by atoms with van der Waals surface area (Å²) in [5.41, 5.74) is 6.33. The molecule has 1 saturated carbocycles. The standard InChI is InChI=1S/C14H28N2O/c1-4-11-5-6-12(15)13(9-11)16-7-8-17-14(2,3)10-16/h11-13H,4-10,15H2,1-3H3. The van der Waals surface area contributed by atoms with Crippen molar-refractivity contribution >= 4 is 0 Å². The largest absolute Gasteiger partial charge is 0.373 e. The Balaban J connectivity index is 1.99. The first-order valence-corrected chi connectivity index (χ1v) is 7.15. The fraction of sp³-hybridized carbons (Fsp3) is 1.00. The summed E-state index contributed by atoms with van der Waals surface area (Å²) in [7, 11) is 0. The summed E-state index contributed by atoms with van der Waals surface area (Å²) in [5, 5.41) is 0. The molecule has 2 aliphatic rings. The maximum Gasteiger partial charge on any atom is 0.0753 e. The summed E-state index contributed by atoms with van der Waals surface area (Å²) in [6.45, 7) is 9.62. The van der Waals surface area contributed by atoms with Crippen molar-refractivity contribution in [2.75, 3.05) is 19.7 Å². The van der Waals surface area contributed by atoms with Crippen LogP contribution in [0.25, 0.3) is 0 Å². The van der Waals surface area contributed by atoms with Gasteiger partial charge in [0, 0.05) is 25.2 Å². The number of ether oxygens (including phenoxy) is 1. The van der Waals surface area contributed by atoms with Gasteiger partial charge in [-0.3, -0.25) is 4.90 Å². The molecule has 2 fully saturated rings. The lowest BCUT2D eigenvalue weighted by atomic mass is 9.80. The van der Waals surface area contributed by atoms with Crippen LogP contribution in [0, 0.1) is 5.92 Å². The Morgan fingerprint density at radius 3 is 2.76 bits per heavy atom. The second-order valence-electron chi connectivity index (χ2n) is 6.40. The third kappa shape index (κ3) is 3.21. The molecule has 2 rings (SSSR count). The normalized spacial score (nSPS) is 39.2. The topological polar surface area (TPSA) is 38.5 Å². The Morgan fingerprint density at radius 1 is 1.35 bits per heavy atom. The van der Waals surface area contributed by atoms with Gasteiger partial charge in [0.2, 0.25) is 0 Å². The van der Waals surface area contributed by atoms with Gasteiger partial charge in [0.05, 0.1) is 12.2 Å². The first-order chi connectivity index (χ1) is 8.02. The van der Waals surface area contributed by atoms with Crippen LogP contribution in [0.1, 0.15) is 46.5 Å². The summed E-state index contributed by atoms with van der Waals surface area (Å²) in [6, 6.07) is 0.948. The van der Waals surface area contributed by atoms with Gasteiger partial charge in [-0.05, 0) is 39.0 Å². The lowest BCUT2D eigenvalue weighted by molar-refractivity contribution is -0.104. The SMILES string of the molecule is CCC1CCC(N)C(N2CCOC(C)(C)C2)C1. The van der Waals surface area contributed by atoms with Crippen LogP contribution in [0.5, 0.6) is 0 Å². The lowest BCUT2D eigenvalue weighted by Gasteiger charge is -2.47. The minimum Gasteiger partial charge on any atom is -0.373 e. The molecule has 100 valence electrons. The predicted molar refractivity (Wildman–Crippen MR) is 71.0 cm³/mol. The van der Waals surface area contributed by atoms with E-state index in [9.17, 15) is 0 Å². The molecule has 3 nitrogen and oxygen atoms in total. The summed E-state index contributed by atoms with van der Waals surface area (Å²) in [4.78, 5) is 2.58. The maximum atomic E-state index is 6.33. The Hall–Kier alpha value is -0.120. The van der Waals surface area contributed by atoms with Crippen molar-refractivity contribution in [3.05, 3.63) is 0 Å². The number of hydrogen-bond acceptors (Lipinski definition) is 3. The average molecular weight is 240 g/mol. The maximum absolute atomic E-state index is 6.33. The molecule has 17 heavy (non-hydrogen) atoms. The van der Waals surface area contributed by atoms with Crippen molar-refractivity contribution in [2.24, 2.45) is 11.7 Å². The second-order valence-corrected chi connectivity index (χ2v) is 6.40. The van der Waals surface area contributed by atoms with E-state index in [1.54, 1.807) is 0 Å². The van der Waals surface area contributed by atoms with Gasteiger partial charge in [-0.25, -0.2) is 0 Å². The van der Waals surface area contributed by atoms with E-state index in [-0.39, 0.29) is 5.60 Å². The van der Waals surface area contributed by atoms with Gasteiger partial charge < -0.3 is 10.5 Å². The van der Waals surface area contributed by atoms with E-state index < -0.39 is 0 Å². The highest BCUT2D eigenvalue weighted by atomic mass is 16.5. The minimum absolute atomic E-state index is 0.00285. The van der Waals surface area contributed by atoms with Crippen molar-refractivity contribution in [1.29, 1.82) is 0 Å². The number of nitrogens with zero attached hydrogens (tertiary/aromatic N) is 1. The van der Waals surface area contributed by atoms with E-state index in [1.165, 1.54) is 25.7 Å². The van der Waals surface area contributed by atoms with Crippen LogP contribution in [0.15, 0.2) is 0 Å². The highest BCUT2D eigenvalue weighted by molar-refractivity contribution is 4.92. The molecular weight excluding hydrogens is 212 g/mol. The lowest BCUT2D eigenvalue weighted by Crippen LogP contribution is -2.58. The molecule has 0 spiro atoms. The van der Waals surface area contributed by atoms with Gasteiger partial charge >= 0.3 is 0 Å². The fourth-order valence-electron chi connectivity index (χ4n) is 3.38. The van der Waals surface area contributed by atoms with E-state index >= 15 is 0 Å². The summed E-state index contributed by atoms with van der Waals surface area (Å²) in [6.07, 6.45) is 5.10. The van der Waals surface area contributed by atoms with E-state index in [2.05, 4.69) is 25.7 Å². The highest BCUT2D eigenvalue weighted by Gasteiger charge is 2.36. The van der Waals surface area contributed by atoms with Crippen LogP contribution < -0.4 is 5.73 Å². The zero-order chi connectivity index (χ0) is 12.5. The van der Waals surface area contributed by atoms with Crippen LogP contribution >= 0.6 is 0 Å². The van der Waals surface area contributed by atoms with Gasteiger partial charge in [-0.2, -0.15) is 0 Å². The monoisotopic (exact) mass is 240 g/mol. The molecule has 0 aromatic rings. The van der Waals surface area contributed by atoms with Crippen LogP contribution in [0.4, 0.5) is 0 Å². The van der Waals surface area contributed by atoms with Crippen molar-refractivity contribution < 1.29 is 4.74 Å². The summed E-state index contributed by atoms with van der Waals surface area (Å²) < 4.78 is 5.79. The summed E-state index contributed by atoms with van der Waals surface area (Å²) >= 11 is 0. The molecule has 0 bridgehead atoms. The first-order valence-electron chi connectivity index (χ1n) is 7.15.